The molecule has 0 aliphatic carbocycles. The second-order valence-corrected chi connectivity index (χ2v) is 7.13. The molecule has 0 aliphatic heterocycles. The topological polar surface area (TPSA) is 101 Å². The number of non-ortho nitro benzene ring substituents is 1. The Labute approximate surface area is 155 Å². The number of benzene rings is 2. The number of amides is 2. The smallest absolute Gasteiger partial charge is 0.269 e. The van der Waals surface area contributed by atoms with Gasteiger partial charge in [0.2, 0.25) is 11.8 Å². The van der Waals surface area contributed by atoms with Gasteiger partial charge in [0.15, 0.2) is 0 Å². The van der Waals surface area contributed by atoms with Crippen LogP contribution in [0.3, 0.4) is 0 Å². The van der Waals surface area contributed by atoms with Crippen molar-refractivity contribution in [1.82, 2.24) is 0 Å². The van der Waals surface area contributed by atoms with Crippen LogP contribution in [-0.4, -0.2) is 22.0 Å². The van der Waals surface area contributed by atoms with Crippen LogP contribution < -0.4 is 10.6 Å². The van der Waals surface area contributed by atoms with E-state index in [9.17, 15) is 19.7 Å². The Morgan fingerprint density at radius 2 is 1.77 bits per heavy atom. The van der Waals surface area contributed by atoms with Crippen molar-refractivity contribution in [2.75, 3.05) is 10.6 Å². The van der Waals surface area contributed by atoms with Crippen molar-refractivity contribution in [3.8, 4) is 0 Å². The van der Waals surface area contributed by atoms with Crippen molar-refractivity contribution < 1.29 is 14.5 Å². The molecule has 1 unspecified atom stereocenters. The summed E-state index contributed by atoms with van der Waals surface area (Å²) in [5, 5.41) is 15.9. The molecule has 2 rings (SSSR count). The SMILES string of the molecule is CC(=O)Nc1ccc(SC(C)C(=O)Nc2ccc([N+](=O)[O-])cc2C)cc1. The number of hydrogen-bond acceptors (Lipinski definition) is 5. The van der Waals surface area contributed by atoms with E-state index in [0.717, 1.165) is 4.90 Å². The van der Waals surface area contributed by atoms with E-state index in [4.69, 9.17) is 0 Å². The van der Waals surface area contributed by atoms with Crippen LogP contribution in [0, 0.1) is 17.0 Å². The minimum absolute atomic E-state index is 0.0119. The van der Waals surface area contributed by atoms with E-state index in [-0.39, 0.29) is 22.8 Å². The summed E-state index contributed by atoms with van der Waals surface area (Å²) in [7, 11) is 0. The standard InChI is InChI=1S/C18H19N3O4S/c1-11-10-15(21(24)25)6-9-17(11)20-18(23)12(2)26-16-7-4-14(5-8-16)19-13(3)22/h4-10,12H,1-3H3,(H,19,22)(H,20,23). The van der Waals surface area contributed by atoms with Crippen LogP contribution in [-0.2, 0) is 9.59 Å². The summed E-state index contributed by atoms with van der Waals surface area (Å²) in [4.78, 5) is 34.6. The summed E-state index contributed by atoms with van der Waals surface area (Å²) in [6, 6.07) is 11.5. The Hall–Kier alpha value is -2.87. The summed E-state index contributed by atoms with van der Waals surface area (Å²) >= 11 is 1.38. The second-order valence-electron chi connectivity index (χ2n) is 5.71. The van der Waals surface area contributed by atoms with Gasteiger partial charge in [-0.2, -0.15) is 0 Å². The van der Waals surface area contributed by atoms with Crippen LogP contribution in [0.15, 0.2) is 47.4 Å². The third-order valence-corrected chi connectivity index (χ3v) is 4.65. The average molecular weight is 373 g/mol. The highest BCUT2D eigenvalue weighted by Crippen LogP contribution is 2.27. The first kappa shape index (κ1) is 19.5. The molecule has 0 radical (unpaired) electrons. The Morgan fingerprint density at radius 1 is 1.12 bits per heavy atom. The highest BCUT2D eigenvalue weighted by molar-refractivity contribution is 8.00. The number of aryl methyl sites for hydroxylation is 1. The van der Waals surface area contributed by atoms with Crippen LogP contribution in [0.4, 0.5) is 17.1 Å². The van der Waals surface area contributed by atoms with Gasteiger partial charge in [-0.1, -0.05) is 0 Å². The maximum atomic E-state index is 12.4. The zero-order valence-corrected chi connectivity index (χ0v) is 15.4. The molecule has 8 heteroatoms. The highest BCUT2D eigenvalue weighted by atomic mass is 32.2. The van der Waals surface area contributed by atoms with Gasteiger partial charge in [0, 0.05) is 35.3 Å². The fourth-order valence-electron chi connectivity index (χ4n) is 2.21. The maximum Gasteiger partial charge on any atom is 0.269 e. The molecule has 2 N–H and O–H groups in total. The lowest BCUT2D eigenvalue weighted by molar-refractivity contribution is -0.384. The fourth-order valence-corrected chi connectivity index (χ4v) is 3.08. The number of hydrogen-bond donors (Lipinski definition) is 2. The van der Waals surface area contributed by atoms with Gasteiger partial charge >= 0.3 is 0 Å². The normalized spacial score (nSPS) is 11.5. The number of anilines is 2. The van der Waals surface area contributed by atoms with Crippen molar-refractivity contribution in [2.24, 2.45) is 0 Å². The quantitative estimate of drug-likeness (QED) is 0.453. The number of nitro groups is 1. The molecular weight excluding hydrogens is 354 g/mol. The number of carbonyl (C=O) groups excluding carboxylic acids is 2. The average Bonchev–Trinajstić information content (AvgIpc) is 2.57. The van der Waals surface area contributed by atoms with Crippen LogP contribution in [0.5, 0.6) is 0 Å². The van der Waals surface area contributed by atoms with Gasteiger partial charge in [-0.3, -0.25) is 19.7 Å². The van der Waals surface area contributed by atoms with Gasteiger partial charge in [0.05, 0.1) is 10.2 Å². The zero-order chi connectivity index (χ0) is 19.3. The summed E-state index contributed by atoms with van der Waals surface area (Å²) in [5.74, 6) is -0.338. The number of carbonyl (C=O) groups is 2. The molecule has 2 aromatic carbocycles. The number of rotatable bonds is 6. The molecule has 2 amide bonds. The number of nitro benzene ring substituents is 1. The zero-order valence-electron chi connectivity index (χ0n) is 14.6. The van der Waals surface area contributed by atoms with E-state index < -0.39 is 4.92 Å². The molecule has 0 saturated carbocycles. The molecule has 1 atom stereocenters. The van der Waals surface area contributed by atoms with Gasteiger partial charge in [0.1, 0.15) is 0 Å². The summed E-state index contributed by atoms with van der Waals surface area (Å²) in [6.07, 6.45) is 0. The van der Waals surface area contributed by atoms with Crippen LogP contribution in [0.2, 0.25) is 0 Å². The minimum atomic E-state index is -0.471. The van der Waals surface area contributed by atoms with Gasteiger partial charge in [-0.15, -0.1) is 11.8 Å². The molecule has 136 valence electrons. The van der Waals surface area contributed by atoms with Crippen LogP contribution in [0.1, 0.15) is 19.4 Å². The minimum Gasteiger partial charge on any atom is -0.326 e. The largest absolute Gasteiger partial charge is 0.326 e. The van der Waals surface area contributed by atoms with Crippen molar-refractivity contribution in [2.45, 2.75) is 30.9 Å². The first-order valence-electron chi connectivity index (χ1n) is 7.86. The Balaban J connectivity index is 1.99. The Kier molecular flexibility index (Phi) is 6.35. The molecule has 0 heterocycles. The summed E-state index contributed by atoms with van der Waals surface area (Å²) in [5.41, 5.74) is 1.86. The van der Waals surface area contributed by atoms with E-state index in [0.29, 0.717) is 16.9 Å². The molecule has 0 bridgehead atoms. The van der Waals surface area contributed by atoms with E-state index in [1.165, 1.54) is 36.9 Å². The van der Waals surface area contributed by atoms with Crippen molar-refractivity contribution >= 4 is 40.6 Å². The monoisotopic (exact) mass is 373 g/mol. The first-order chi connectivity index (χ1) is 12.3. The first-order valence-corrected chi connectivity index (χ1v) is 8.74. The molecule has 0 saturated heterocycles. The third kappa shape index (κ3) is 5.32. The molecule has 26 heavy (non-hydrogen) atoms. The van der Waals surface area contributed by atoms with Gasteiger partial charge in [0.25, 0.3) is 5.69 Å². The molecule has 0 aromatic heterocycles. The lowest BCUT2D eigenvalue weighted by atomic mass is 10.2. The van der Waals surface area contributed by atoms with Crippen LogP contribution >= 0.6 is 11.8 Å². The number of thioether (sulfide) groups is 1. The third-order valence-electron chi connectivity index (χ3n) is 3.54. The Bertz CT molecular complexity index is 837. The number of nitrogens with one attached hydrogen (secondary N) is 2. The van der Waals surface area contributed by atoms with Gasteiger partial charge in [-0.25, -0.2) is 0 Å². The van der Waals surface area contributed by atoms with Crippen LogP contribution in [0.25, 0.3) is 0 Å². The predicted octanol–water partition coefficient (Wildman–Crippen LogP) is 3.98. The second kappa shape index (κ2) is 8.48. The molecule has 2 aromatic rings. The lowest BCUT2D eigenvalue weighted by Gasteiger charge is -2.14. The fraction of sp³-hybridized carbons (Fsp3) is 0.222. The van der Waals surface area contributed by atoms with Gasteiger partial charge in [-0.05, 0) is 49.7 Å². The molecule has 0 fully saturated rings. The predicted molar refractivity (Wildman–Crippen MR) is 103 cm³/mol. The van der Waals surface area contributed by atoms with E-state index in [1.807, 2.05) is 12.1 Å². The molecular formula is C18H19N3O4S. The van der Waals surface area contributed by atoms with E-state index >= 15 is 0 Å². The Morgan fingerprint density at radius 3 is 2.31 bits per heavy atom. The van der Waals surface area contributed by atoms with Crippen molar-refractivity contribution in [1.29, 1.82) is 0 Å². The summed E-state index contributed by atoms with van der Waals surface area (Å²) in [6.45, 7) is 4.93. The van der Waals surface area contributed by atoms with Gasteiger partial charge < -0.3 is 10.6 Å². The maximum absolute atomic E-state index is 12.4. The number of nitrogens with zero attached hydrogens (tertiary/aromatic N) is 1. The molecule has 7 nitrogen and oxygen atoms in total. The highest BCUT2D eigenvalue weighted by Gasteiger charge is 2.16. The van der Waals surface area contributed by atoms with E-state index in [1.54, 1.807) is 26.0 Å². The lowest BCUT2D eigenvalue weighted by Crippen LogP contribution is -2.22. The summed E-state index contributed by atoms with van der Waals surface area (Å²) < 4.78 is 0. The van der Waals surface area contributed by atoms with Crippen molar-refractivity contribution in [3.05, 3.63) is 58.1 Å². The molecule has 0 aliphatic rings. The van der Waals surface area contributed by atoms with Crippen molar-refractivity contribution in [3.63, 3.8) is 0 Å². The van der Waals surface area contributed by atoms with E-state index in [2.05, 4.69) is 10.6 Å². The molecule has 0 spiro atoms.